The summed E-state index contributed by atoms with van der Waals surface area (Å²) >= 11 is 0. The highest BCUT2D eigenvalue weighted by Gasteiger charge is 2.48. The molecule has 3 heteroatoms. The Bertz CT molecular complexity index is 579. The standard InChI is InChI=1S/C16H20N2O/c1-2-6-15-13(5-1)14(9-18-15)16(10-19-11-16)12-4-3-7-17-8-12/h1-2,5-6,9,12,17-18H,3-4,7-8,10-11H2. The van der Waals surface area contributed by atoms with Crippen molar-refractivity contribution in [1.82, 2.24) is 10.3 Å². The molecule has 1 aromatic heterocycles. The lowest BCUT2D eigenvalue weighted by molar-refractivity contribution is -0.0940. The molecular formula is C16H20N2O. The van der Waals surface area contributed by atoms with E-state index in [9.17, 15) is 0 Å². The first-order chi connectivity index (χ1) is 9.40. The fourth-order valence-corrected chi connectivity index (χ4v) is 3.74. The SMILES string of the molecule is c1ccc2c(C3(C4CCCNC4)COC3)c[nH]c2c1. The minimum atomic E-state index is 0.229. The highest BCUT2D eigenvalue weighted by atomic mass is 16.5. The van der Waals surface area contributed by atoms with Crippen LogP contribution < -0.4 is 5.32 Å². The number of piperidine rings is 1. The van der Waals surface area contributed by atoms with Crippen molar-refractivity contribution in [2.75, 3.05) is 26.3 Å². The number of fused-ring (bicyclic) bond motifs is 1. The lowest BCUT2D eigenvalue weighted by Gasteiger charge is -2.48. The first-order valence-electron chi connectivity index (χ1n) is 7.25. The van der Waals surface area contributed by atoms with Crippen molar-refractivity contribution in [3.8, 4) is 0 Å². The zero-order valence-corrected chi connectivity index (χ0v) is 11.1. The van der Waals surface area contributed by atoms with Crippen molar-refractivity contribution < 1.29 is 4.74 Å². The third-order valence-corrected chi connectivity index (χ3v) is 4.92. The fourth-order valence-electron chi connectivity index (χ4n) is 3.74. The predicted octanol–water partition coefficient (Wildman–Crippen LogP) is 2.44. The van der Waals surface area contributed by atoms with Gasteiger partial charge in [-0.3, -0.25) is 0 Å². The number of nitrogens with one attached hydrogen (secondary N) is 2. The number of hydrogen-bond acceptors (Lipinski definition) is 2. The maximum Gasteiger partial charge on any atom is 0.0589 e. The van der Waals surface area contributed by atoms with Gasteiger partial charge in [-0.25, -0.2) is 0 Å². The molecule has 1 atom stereocenters. The Hall–Kier alpha value is -1.32. The van der Waals surface area contributed by atoms with Crippen LogP contribution in [0.2, 0.25) is 0 Å². The Morgan fingerprint density at radius 3 is 2.84 bits per heavy atom. The fraction of sp³-hybridized carbons (Fsp3) is 0.500. The van der Waals surface area contributed by atoms with E-state index < -0.39 is 0 Å². The molecule has 1 unspecified atom stereocenters. The summed E-state index contributed by atoms with van der Waals surface area (Å²) in [5.41, 5.74) is 2.93. The zero-order chi connectivity index (χ0) is 12.7. The van der Waals surface area contributed by atoms with Crippen LogP contribution in [0, 0.1) is 5.92 Å². The van der Waals surface area contributed by atoms with Gasteiger partial charge in [-0.1, -0.05) is 18.2 Å². The van der Waals surface area contributed by atoms with Crippen LogP contribution in [0.1, 0.15) is 18.4 Å². The highest BCUT2D eigenvalue weighted by Crippen LogP contribution is 2.44. The molecule has 0 aliphatic carbocycles. The van der Waals surface area contributed by atoms with Crippen molar-refractivity contribution in [3.05, 3.63) is 36.0 Å². The minimum Gasteiger partial charge on any atom is -0.379 e. The summed E-state index contributed by atoms with van der Waals surface area (Å²) in [6, 6.07) is 8.61. The van der Waals surface area contributed by atoms with Gasteiger partial charge in [0, 0.05) is 22.5 Å². The number of rotatable bonds is 2. The van der Waals surface area contributed by atoms with Gasteiger partial charge in [-0.05, 0) is 43.5 Å². The van der Waals surface area contributed by atoms with Crippen molar-refractivity contribution in [1.29, 1.82) is 0 Å². The molecule has 2 aliphatic rings. The lowest BCUT2D eigenvalue weighted by Crippen LogP contribution is -2.56. The van der Waals surface area contributed by atoms with Gasteiger partial charge >= 0.3 is 0 Å². The molecule has 4 rings (SSSR count). The summed E-state index contributed by atoms with van der Waals surface area (Å²) in [7, 11) is 0. The average Bonchev–Trinajstić information content (AvgIpc) is 2.84. The minimum absolute atomic E-state index is 0.229. The van der Waals surface area contributed by atoms with Crippen LogP contribution in [0.3, 0.4) is 0 Å². The quantitative estimate of drug-likeness (QED) is 0.866. The van der Waals surface area contributed by atoms with Gasteiger partial charge < -0.3 is 15.0 Å². The molecule has 3 nitrogen and oxygen atoms in total. The molecule has 100 valence electrons. The summed E-state index contributed by atoms with van der Waals surface area (Å²) in [4.78, 5) is 3.43. The maximum atomic E-state index is 5.62. The van der Waals surface area contributed by atoms with Gasteiger partial charge in [0.25, 0.3) is 0 Å². The second kappa shape index (κ2) is 4.36. The van der Waals surface area contributed by atoms with Gasteiger partial charge in [0.05, 0.1) is 13.2 Å². The number of ether oxygens (including phenoxy) is 1. The molecule has 2 fully saturated rings. The topological polar surface area (TPSA) is 37.0 Å². The maximum absolute atomic E-state index is 5.62. The molecule has 0 radical (unpaired) electrons. The third-order valence-electron chi connectivity index (χ3n) is 4.92. The van der Waals surface area contributed by atoms with Crippen molar-refractivity contribution in [2.24, 2.45) is 5.92 Å². The molecule has 2 N–H and O–H groups in total. The summed E-state index contributed by atoms with van der Waals surface area (Å²) in [5.74, 6) is 0.703. The monoisotopic (exact) mass is 256 g/mol. The van der Waals surface area contributed by atoms with Crippen LogP contribution in [0.15, 0.2) is 30.5 Å². The molecule has 2 aliphatic heterocycles. The molecule has 0 spiro atoms. The van der Waals surface area contributed by atoms with Crippen LogP contribution in [0.4, 0.5) is 0 Å². The number of benzene rings is 1. The van der Waals surface area contributed by atoms with Gasteiger partial charge in [0.2, 0.25) is 0 Å². The molecular weight excluding hydrogens is 236 g/mol. The number of para-hydroxylation sites is 1. The van der Waals surface area contributed by atoms with Crippen molar-refractivity contribution in [2.45, 2.75) is 18.3 Å². The van der Waals surface area contributed by atoms with Crippen molar-refractivity contribution >= 4 is 10.9 Å². The average molecular weight is 256 g/mol. The lowest BCUT2D eigenvalue weighted by atomic mass is 9.66. The number of hydrogen-bond donors (Lipinski definition) is 2. The molecule has 0 saturated carbocycles. The normalized spacial score (nSPS) is 26.2. The summed E-state index contributed by atoms with van der Waals surface area (Å²) in [6.45, 7) is 4.05. The van der Waals surface area contributed by atoms with Crippen LogP contribution in [-0.4, -0.2) is 31.3 Å². The van der Waals surface area contributed by atoms with E-state index in [1.807, 2.05) is 0 Å². The van der Waals surface area contributed by atoms with Crippen molar-refractivity contribution in [3.63, 3.8) is 0 Å². The summed E-state index contributed by atoms with van der Waals surface area (Å²) in [5, 5.41) is 4.92. The number of aromatic amines is 1. The summed E-state index contributed by atoms with van der Waals surface area (Å²) < 4.78 is 5.62. The Balaban J connectivity index is 1.79. The largest absolute Gasteiger partial charge is 0.379 e. The van der Waals surface area contributed by atoms with E-state index in [4.69, 9.17) is 4.74 Å². The van der Waals surface area contributed by atoms with E-state index in [0.717, 1.165) is 19.8 Å². The predicted molar refractivity (Wildman–Crippen MR) is 76.4 cm³/mol. The molecule has 1 aromatic carbocycles. The van der Waals surface area contributed by atoms with Crippen LogP contribution in [-0.2, 0) is 10.2 Å². The first kappa shape index (κ1) is 11.5. The second-order valence-electron chi connectivity index (χ2n) is 5.94. The Morgan fingerprint density at radius 2 is 2.11 bits per heavy atom. The Kier molecular flexibility index (Phi) is 2.64. The molecule has 0 amide bonds. The molecule has 0 bridgehead atoms. The zero-order valence-electron chi connectivity index (χ0n) is 11.1. The highest BCUT2D eigenvalue weighted by molar-refractivity contribution is 5.84. The van der Waals surface area contributed by atoms with Crippen LogP contribution in [0.25, 0.3) is 10.9 Å². The van der Waals surface area contributed by atoms with E-state index in [0.29, 0.717) is 5.92 Å². The smallest absolute Gasteiger partial charge is 0.0589 e. The number of aromatic nitrogens is 1. The van der Waals surface area contributed by atoms with Crippen LogP contribution in [0.5, 0.6) is 0 Å². The van der Waals surface area contributed by atoms with Gasteiger partial charge in [0.15, 0.2) is 0 Å². The van der Waals surface area contributed by atoms with E-state index in [1.54, 1.807) is 0 Å². The van der Waals surface area contributed by atoms with Gasteiger partial charge in [-0.15, -0.1) is 0 Å². The van der Waals surface area contributed by atoms with Crippen LogP contribution >= 0.6 is 0 Å². The molecule has 3 heterocycles. The third kappa shape index (κ3) is 1.65. The Labute approximate surface area is 113 Å². The van der Waals surface area contributed by atoms with E-state index in [1.165, 1.54) is 35.9 Å². The summed E-state index contributed by atoms with van der Waals surface area (Å²) in [6.07, 6.45) is 4.81. The van der Waals surface area contributed by atoms with E-state index >= 15 is 0 Å². The molecule has 2 aromatic rings. The Morgan fingerprint density at radius 1 is 1.21 bits per heavy atom. The van der Waals surface area contributed by atoms with E-state index in [2.05, 4.69) is 40.8 Å². The number of H-pyrrole nitrogens is 1. The van der Waals surface area contributed by atoms with E-state index in [-0.39, 0.29) is 5.41 Å². The second-order valence-corrected chi connectivity index (χ2v) is 5.94. The first-order valence-corrected chi connectivity index (χ1v) is 7.25. The molecule has 2 saturated heterocycles. The van der Waals surface area contributed by atoms with Gasteiger partial charge in [-0.2, -0.15) is 0 Å². The molecule has 19 heavy (non-hydrogen) atoms. The van der Waals surface area contributed by atoms with Gasteiger partial charge in [0.1, 0.15) is 0 Å².